The van der Waals surface area contributed by atoms with Crippen LogP contribution in [0.5, 0.6) is 5.75 Å². The van der Waals surface area contributed by atoms with E-state index in [9.17, 15) is 18.0 Å². The number of fused-ring (bicyclic) bond motifs is 4. The van der Waals surface area contributed by atoms with Gasteiger partial charge < -0.3 is 26.3 Å². The first-order valence-electron chi connectivity index (χ1n) is 15.0. The van der Waals surface area contributed by atoms with Crippen LogP contribution in [0.1, 0.15) is 66.0 Å². The summed E-state index contributed by atoms with van der Waals surface area (Å²) in [6.07, 6.45) is -0.152. The fourth-order valence-electron chi connectivity index (χ4n) is 6.47. The molecule has 0 aromatic heterocycles. The predicted molar refractivity (Wildman–Crippen MR) is 173 cm³/mol. The van der Waals surface area contributed by atoms with Crippen LogP contribution in [-0.4, -0.2) is 50.4 Å². The standard InChI is InChI=1S/C34H40N4O6S/c1-19-20(2)30(21(3)26-17-34(4,5)44-29(19)26)45(41,42)31(39)28(15-10-16-37-32(35)36)38-33(40)43-18-27-24-13-8-6-11-22(24)23-12-7-9-14-25(23)27/h6-9,11-14,27-28H,10,15-18H2,1-5H3,(H,38,40)(H4,35,36,37)/t28-/m0/s1. The summed E-state index contributed by atoms with van der Waals surface area (Å²) in [5.41, 5.74) is 16.9. The lowest BCUT2D eigenvalue weighted by molar-refractivity contribution is -0.113. The zero-order chi connectivity index (χ0) is 32.7. The van der Waals surface area contributed by atoms with Crippen LogP contribution >= 0.6 is 0 Å². The molecule has 0 saturated heterocycles. The van der Waals surface area contributed by atoms with Crippen molar-refractivity contribution in [1.82, 2.24) is 5.32 Å². The largest absolute Gasteiger partial charge is 0.487 e. The van der Waals surface area contributed by atoms with Crippen molar-refractivity contribution in [2.75, 3.05) is 13.2 Å². The van der Waals surface area contributed by atoms with Crippen LogP contribution in [0.2, 0.25) is 0 Å². The van der Waals surface area contributed by atoms with E-state index in [2.05, 4.69) is 10.3 Å². The second-order valence-electron chi connectivity index (χ2n) is 12.3. The lowest BCUT2D eigenvalue weighted by Crippen LogP contribution is -2.44. The van der Waals surface area contributed by atoms with E-state index in [4.69, 9.17) is 20.9 Å². The van der Waals surface area contributed by atoms with Gasteiger partial charge in [-0.2, -0.15) is 0 Å². The van der Waals surface area contributed by atoms with E-state index >= 15 is 0 Å². The number of nitrogens with one attached hydrogen (secondary N) is 1. The molecular weight excluding hydrogens is 592 g/mol. The molecule has 3 aromatic carbocycles. The van der Waals surface area contributed by atoms with E-state index in [1.54, 1.807) is 20.8 Å². The summed E-state index contributed by atoms with van der Waals surface area (Å²) in [6, 6.07) is 14.5. The third kappa shape index (κ3) is 6.13. The van der Waals surface area contributed by atoms with E-state index in [1.807, 2.05) is 62.4 Å². The van der Waals surface area contributed by atoms with Gasteiger partial charge in [-0.15, -0.1) is 0 Å². The highest BCUT2D eigenvalue weighted by atomic mass is 32.2. The zero-order valence-electron chi connectivity index (χ0n) is 26.3. The number of alkyl carbamates (subject to hydrolysis) is 1. The summed E-state index contributed by atoms with van der Waals surface area (Å²) in [5.74, 6) is 0.334. The summed E-state index contributed by atoms with van der Waals surface area (Å²) in [4.78, 5) is 31.0. The number of ether oxygens (including phenoxy) is 2. The van der Waals surface area contributed by atoms with Crippen LogP contribution < -0.4 is 21.5 Å². The highest BCUT2D eigenvalue weighted by Crippen LogP contribution is 2.45. The first-order chi connectivity index (χ1) is 21.2. The first-order valence-corrected chi connectivity index (χ1v) is 16.5. The Kier molecular flexibility index (Phi) is 8.68. The van der Waals surface area contributed by atoms with E-state index in [0.717, 1.165) is 27.8 Å². The second-order valence-corrected chi connectivity index (χ2v) is 14.2. The normalized spacial score (nSPS) is 15.3. The highest BCUT2D eigenvalue weighted by molar-refractivity contribution is 8.06. The van der Waals surface area contributed by atoms with Crippen molar-refractivity contribution >= 4 is 27.0 Å². The van der Waals surface area contributed by atoms with Crippen LogP contribution in [0.3, 0.4) is 0 Å². The molecule has 1 aliphatic heterocycles. The quantitative estimate of drug-likeness (QED) is 0.175. The molecule has 45 heavy (non-hydrogen) atoms. The number of hydrogen-bond acceptors (Lipinski definition) is 7. The third-order valence-corrected chi connectivity index (χ3v) is 10.7. The number of carbonyl (C=O) groups excluding carboxylic acids is 2. The highest BCUT2D eigenvalue weighted by Gasteiger charge is 2.41. The summed E-state index contributed by atoms with van der Waals surface area (Å²) in [6.45, 7) is 9.20. The Morgan fingerprint density at radius 2 is 1.60 bits per heavy atom. The summed E-state index contributed by atoms with van der Waals surface area (Å²) < 4.78 is 39.9. The first kappa shape index (κ1) is 32.0. The molecule has 1 atom stereocenters. The Bertz CT molecular complexity index is 1770. The molecule has 0 fully saturated rings. The molecule has 0 unspecified atom stereocenters. The number of aliphatic imine (C=N–C) groups is 1. The Hall–Kier alpha value is -4.38. The molecule has 5 N–H and O–H groups in total. The van der Waals surface area contributed by atoms with Gasteiger partial charge in [0.1, 0.15) is 24.0 Å². The van der Waals surface area contributed by atoms with E-state index < -0.39 is 32.7 Å². The van der Waals surface area contributed by atoms with Crippen molar-refractivity contribution in [2.24, 2.45) is 16.5 Å². The monoisotopic (exact) mass is 632 g/mol. The maximum Gasteiger partial charge on any atom is 0.407 e. The van der Waals surface area contributed by atoms with Crippen LogP contribution in [0, 0.1) is 20.8 Å². The molecule has 3 aromatic rings. The van der Waals surface area contributed by atoms with Crippen molar-refractivity contribution in [3.63, 3.8) is 0 Å². The van der Waals surface area contributed by atoms with Crippen LogP contribution in [0.25, 0.3) is 11.1 Å². The van der Waals surface area contributed by atoms with Gasteiger partial charge in [0.05, 0.1) is 4.90 Å². The smallest absolute Gasteiger partial charge is 0.407 e. The minimum Gasteiger partial charge on any atom is -0.487 e. The molecular formula is C34H40N4O6S. The van der Waals surface area contributed by atoms with Gasteiger partial charge in [0, 0.05) is 24.4 Å². The van der Waals surface area contributed by atoms with Gasteiger partial charge in [-0.25, -0.2) is 13.2 Å². The fraction of sp³-hybridized carbons (Fsp3) is 0.382. The Morgan fingerprint density at radius 3 is 2.20 bits per heavy atom. The molecule has 0 spiro atoms. The Balaban J connectivity index is 1.39. The maximum atomic E-state index is 14.0. The Morgan fingerprint density at radius 1 is 1.00 bits per heavy atom. The lowest BCUT2D eigenvalue weighted by Gasteiger charge is -2.21. The zero-order valence-corrected chi connectivity index (χ0v) is 27.1. The van der Waals surface area contributed by atoms with Crippen LogP contribution in [-0.2, 0) is 25.8 Å². The topological polar surface area (TPSA) is 163 Å². The van der Waals surface area contributed by atoms with Crippen molar-refractivity contribution in [2.45, 2.75) is 76.3 Å². The summed E-state index contributed by atoms with van der Waals surface area (Å²) >= 11 is 0. The number of sulfone groups is 1. The SMILES string of the molecule is Cc1c(C)c(S(=O)(=O)C(=O)[C@H](CCCN=C(N)N)NC(=O)OCC2c3ccccc3-c3ccccc32)c(C)c2c1OC(C)(C)C2. The van der Waals surface area contributed by atoms with Gasteiger partial charge in [-0.05, 0) is 86.4 Å². The maximum absolute atomic E-state index is 14.0. The minimum absolute atomic E-state index is 0.0134. The third-order valence-electron chi connectivity index (χ3n) is 8.69. The van der Waals surface area contributed by atoms with Gasteiger partial charge in [-0.1, -0.05) is 48.5 Å². The van der Waals surface area contributed by atoms with Gasteiger partial charge >= 0.3 is 6.09 Å². The summed E-state index contributed by atoms with van der Waals surface area (Å²) in [5, 5.41) is 1.43. The molecule has 0 bridgehead atoms. The predicted octanol–water partition coefficient (Wildman–Crippen LogP) is 4.59. The molecule has 0 radical (unpaired) electrons. The summed E-state index contributed by atoms with van der Waals surface area (Å²) in [7, 11) is -4.54. The number of benzene rings is 3. The van der Waals surface area contributed by atoms with Gasteiger partial charge in [0.2, 0.25) is 9.84 Å². The van der Waals surface area contributed by atoms with Crippen molar-refractivity contribution in [3.8, 4) is 16.9 Å². The number of guanidine groups is 1. The lowest BCUT2D eigenvalue weighted by atomic mass is 9.94. The molecule has 0 saturated carbocycles. The average Bonchev–Trinajstić information content (AvgIpc) is 3.50. The fourth-order valence-corrected chi connectivity index (χ4v) is 8.31. The number of rotatable bonds is 9. The number of amides is 1. The molecule has 238 valence electrons. The van der Waals surface area contributed by atoms with Gasteiger partial charge in [0.15, 0.2) is 5.96 Å². The molecule has 2 aliphatic rings. The average molecular weight is 633 g/mol. The van der Waals surface area contributed by atoms with E-state index in [-0.39, 0.29) is 42.8 Å². The van der Waals surface area contributed by atoms with Gasteiger partial charge in [-0.3, -0.25) is 9.79 Å². The van der Waals surface area contributed by atoms with Crippen LogP contribution in [0.15, 0.2) is 58.4 Å². The number of nitrogens with zero attached hydrogens (tertiary/aromatic N) is 1. The number of carbonyl (C=O) groups is 2. The van der Waals surface area contributed by atoms with Crippen LogP contribution in [0.4, 0.5) is 4.79 Å². The molecule has 11 heteroatoms. The molecule has 1 aliphatic carbocycles. The van der Waals surface area contributed by atoms with E-state index in [0.29, 0.717) is 28.9 Å². The number of nitrogens with two attached hydrogens (primary N) is 2. The van der Waals surface area contributed by atoms with E-state index in [1.165, 1.54) is 0 Å². The van der Waals surface area contributed by atoms with Crippen molar-refractivity contribution < 1.29 is 27.5 Å². The molecule has 10 nitrogen and oxygen atoms in total. The number of hydrogen-bond donors (Lipinski definition) is 3. The van der Waals surface area contributed by atoms with Gasteiger partial charge in [0.25, 0.3) is 5.12 Å². The molecule has 1 heterocycles. The Labute approximate surface area is 264 Å². The van der Waals surface area contributed by atoms with Crippen molar-refractivity contribution in [3.05, 3.63) is 81.9 Å². The molecule has 1 amide bonds. The minimum atomic E-state index is -4.54. The second kappa shape index (κ2) is 12.2. The van der Waals surface area contributed by atoms with Crippen molar-refractivity contribution in [1.29, 1.82) is 0 Å². The molecule has 5 rings (SSSR count).